The van der Waals surface area contributed by atoms with E-state index in [1.807, 2.05) is 31.2 Å². The van der Waals surface area contributed by atoms with Crippen LogP contribution in [-0.4, -0.2) is 7.11 Å². The van der Waals surface area contributed by atoms with E-state index in [9.17, 15) is 13.2 Å². The van der Waals surface area contributed by atoms with E-state index in [0.717, 1.165) is 17.7 Å². The lowest BCUT2D eigenvalue weighted by atomic mass is 10.1. The predicted octanol–water partition coefficient (Wildman–Crippen LogP) is 4.89. The molecule has 2 nitrogen and oxygen atoms in total. The zero-order chi connectivity index (χ0) is 15.5. The van der Waals surface area contributed by atoms with E-state index in [-0.39, 0.29) is 6.04 Å². The fraction of sp³-hybridized carbons (Fsp3) is 0.250. The van der Waals surface area contributed by atoms with Gasteiger partial charge in [0.1, 0.15) is 5.75 Å². The van der Waals surface area contributed by atoms with Crippen molar-refractivity contribution >= 4 is 5.69 Å². The number of methoxy groups -OCH3 is 1. The molecule has 1 N–H and O–H groups in total. The molecule has 1 unspecified atom stereocenters. The molecule has 0 aliphatic rings. The molecule has 5 heteroatoms. The molecule has 0 radical (unpaired) electrons. The number of hydrogen-bond acceptors (Lipinski definition) is 2. The number of ether oxygens (including phenoxy) is 1. The Balaban J connectivity index is 2.22. The summed E-state index contributed by atoms with van der Waals surface area (Å²) in [4.78, 5) is 0. The monoisotopic (exact) mass is 295 g/mol. The number of para-hydroxylation sites is 1. The number of anilines is 1. The fourth-order valence-corrected chi connectivity index (χ4v) is 2.14. The van der Waals surface area contributed by atoms with Crippen molar-refractivity contribution in [1.29, 1.82) is 0 Å². The van der Waals surface area contributed by atoms with Crippen LogP contribution in [0.2, 0.25) is 0 Å². The van der Waals surface area contributed by atoms with E-state index in [1.54, 1.807) is 13.2 Å². The minimum atomic E-state index is -4.34. The normalized spacial score (nSPS) is 12.8. The Morgan fingerprint density at radius 3 is 2.43 bits per heavy atom. The summed E-state index contributed by atoms with van der Waals surface area (Å²) < 4.78 is 43.4. The lowest BCUT2D eigenvalue weighted by Crippen LogP contribution is -2.10. The highest BCUT2D eigenvalue weighted by atomic mass is 19.4. The van der Waals surface area contributed by atoms with Crippen molar-refractivity contribution in [2.24, 2.45) is 0 Å². The van der Waals surface area contributed by atoms with Gasteiger partial charge in [-0.2, -0.15) is 13.2 Å². The van der Waals surface area contributed by atoms with Gasteiger partial charge in [-0.05, 0) is 31.2 Å². The molecule has 0 saturated heterocycles. The molecule has 0 aromatic heterocycles. The van der Waals surface area contributed by atoms with E-state index in [1.165, 1.54) is 6.07 Å². The quantitative estimate of drug-likeness (QED) is 0.867. The van der Waals surface area contributed by atoms with Gasteiger partial charge in [-0.25, -0.2) is 0 Å². The van der Waals surface area contributed by atoms with Crippen LogP contribution in [0.5, 0.6) is 5.75 Å². The molecule has 0 aliphatic carbocycles. The Bertz CT molecular complexity index is 610. The summed E-state index contributed by atoms with van der Waals surface area (Å²) in [5.41, 5.74) is 0.639. The maximum absolute atomic E-state index is 12.7. The van der Waals surface area contributed by atoms with Crippen LogP contribution >= 0.6 is 0 Å². The second-order valence-corrected chi connectivity index (χ2v) is 4.69. The van der Waals surface area contributed by atoms with Crippen LogP contribution in [0.25, 0.3) is 0 Å². The number of hydrogen-bond donors (Lipinski definition) is 1. The van der Waals surface area contributed by atoms with Crippen molar-refractivity contribution < 1.29 is 17.9 Å². The first kappa shape index (κ1) is 15.2. The average Bonchev–Trinajstić information content (AvgIpc) is 2.46. The topological polar surface area (TPSA) is 21.3 Å². The lowest BCUT2D eigenvalue weighted by Gasteiger charge is -2.19. The van der Waals surface area contributed by atoms with Crippen LogP contribution in [0.1, 0.15) is 24.1 Å². The van der Waals surface area contributed by atoms with Crippen LogP contribution in [-0.2, 0) is 6.18 Å². The van der Waals surface area contributed by atoms with E-state index in [4.69, 9.17) is 4.74 Å². The Hall–Kier alpha value is -2.17. The second kappa shape index (κ2) is 6.08. The van der Waals surface area contributed by atoms with Crippen molar-refractivity contribution in [1.82, 2.24) is 0 Å². The maximum atomic E-state index is 12.7. The molecule has 21 heavy (non-hydrogen) atoms. The van der Waals surface area contributed by atoms with Crippen LogP contribution in [0.3, 0.4) is 0 Å². The summed E-state index contributed by atoms with van der Waals surface area (Å²) in [6, 6.07) is 12.4. The van der Waals surface area contributed by atoms with Gasteiger partial charge in [0.15, 0.2) is 0 Å². The zero-order valence-electron chi connectivity index (χ0n) is 11.7. The van der Waals surface area contributed by atoms with E-state index < -0.39 is 11.7 Å². The third-order valence-electron chi connectivity index (χ3n) is 3.18. The van der Waals surface area contributed by atoms with Crippen LogP contribution in [0, 0.1) is 0 Å². The molecule has 0 spiro atoms. The Kier molecular flexibility index (Phi) is 4.40. The minimum Gasteiger partial charge on any atom is -0.496 e. The second-order valence-electron chi connectivity index (χ2n) is 4.69. The summed E-state index contributed by atoms with van der Waals surface area (Å²) in [5.74, 6) is 0.699. The summed E-state index contributed by atoms with van der Waals surface area (Å²) in [6.07, 6.45) is -4.34. The molecular formula is C16H16F3NO. The smallest absolute Gasteiger partial charge is 0.416 e. The van der Waals surface area contributed by atoms with Crippen molar-refractivity contribution in [2.75, 3.05) is 12.4 Å². The third kappa shape index (κ3) is 3.68. The van der Waals surface area contributed by atoms with Crippen LogP contribution < -0.4 is 10.1 Å². The highest BCUT2D eigenvalue weighted by Crippen LogP contribution is 2.32. The molecule has 2 rings (SSSR count). The molecule has 1 atom stereocenters. The Morgan fingerprint density at radius 2 is 1.76 bits per heavy atom. The summed E-state index contributed by atoms with van der Waals surface area (Å²) >= 11 is 0. The van der Waals surface area contributed by atoms with Gasteiger partial charge in [-0.15, -0.1) is 0 Å². The van der Waals surface area contributed by atoms with Gasteiger partial charge < -0.3 is 10.1 Å². The maximum Gasteiger partial charge on any atom is 0.416 e. The summed E-state index contributed by atoms with van der Waals surface area (Å²) in [5, 5.41) is 3.07. The van der Waals surface area contributed by atoms with Gasteiger partial charge in [0.25, 0.3) is 0 Å². The van der Waals surface area contributed by atoms with E-state index >= 15 is 0 Å². The Labute approximate surface area is 121 Å². The number of halogens is 3. The first-order valence-electron chi connectivity index (χ1n) is 6.48. The van der Waals surface area contributed by atoms with Gasteiger partial charge in [-0.3, -0.25) is 0 Å². The SMILES string of the molecule is COc1ccccc1C(C)Nc1cccc(C(F)(F)F)c1. The molecule has 0 heterocycles. The number of benzene rings is 2. The molecule has 112 valence electrons. The van der Waals surface area contributed by atoms with Gasteiger partial charge in [0.2, 0.25) is 0 Å². The molecule has 0 fully saturated rings. The van der Waals surface area contributed by atoms with Gasteiger partial charge in [0, 0.05) is 11.3 Å². The predicted molar refractivity (Wildman–Crippen MR) is 76.5 cm³/mol. The highest BCUT2D eigenvalue weighted by Gasteiger charge is 2.30. The van der Waals surface area contributed by atoms with Crippen molar-refractivity contribution in [2.45, 2.75) is 19.1 Å². The summed E-state index contributed by atoms with van der Waals surface area (Å²) in [6.45, 7) is 1.87. The van der Waals surface area contributed by atoms with Gasteiger partial charge in [0.05, 0.1) is 18.7 Å². The van der Waals surface area contributed by atoms with Crippen molar-refractivity contribution in [3.05, 3.63) is 59.7 Å². The first-order chi connectivity index (χ1) is 9.91. The third-order valence-corrected chi connectivity index (χ3v) is 3.18. The van der Waals surface area contributed by atoms with E-state index in [2.05, 4.69) is 5.32 Å². The lowest BCUT2D eigenvalue weighted by molar-refractivity contribution is -0.137. The highest BCUT2D eigenvalue weighted by molar-refractivity contribution is 5.49. The molecule has 0 amide bonds. The minimum absolute atomic E-state index is 0.176. The number of alkyl halides is 3. The molecule has 0 bridgehead atoms. The number of nitrogens with one attached hydrogen (secondary N) is 1. The molecule has 0 aliphatic heterocycles. The summed E-state index contributed by atoms with van der Waals surface area (Å²) in [7, 11) is 1.57. The van der Waals surface area contributed by atoms with Gasteiger partial charge >= 0.3 is 6.18 Å². The van der Waals surface area contributed by atoms with Gasteiger partial charge in [-0.1, -0.05) is 24.3 Å². The van der Waals surface area contributed by atoms with Crippen molar-refractivity contribution in [3.63, 3.8) is 0 Å². The number of rotatable bonds is 4. The first-order valence-corrected chi connectivity index (χ1v) is 6.48. The Morgan fingerprint density at radius 1 is 1.05 bits per heavy atom. The van der Waals surface area contributed by atoms with E-state index in [0.29, 0.717) is 11.4 Å². The molecule has 0 saturated carbocycles. The average molecular weight is 295 g/mol. The zero-order valence-corrected chi connectivity index (χ0v) is 11.7. The van der Waals surface area contributed by atoms with Crippen molar-refractivity contribution in [3.8, 4) is 5.75 Å². The van der Waals surface area contributed by atoms with Crippen LogP contribution in [0.4, 0.5) is 18.9 Å². The molecule has 2 aromatic rings. The molecular weight excluding hydrogens is 279 g/mol. The van der Waals surface area contributed by atoms with Crippen LogP contribution in [0.15, 0.2) is 48.5 Å². The fourth-order valence-electron chi connectivity index (χ4n) is 2.14. The molecule has 2 aromatic carbocycles. The largest absolute Gasteiger partial charge is 0.496 e. The standard InChI is InChI=1S/C16H16F3NO/c1-11(14-8-3-4-9-15(14)21-2)20-13-7-5-6-12(10-13)16(17,18)19/h3-11,20H,1-2H3.